The van der Waals surface area contributed by atoms with Gasteiger partial charge >= 0.3 is 0 Å². The summed E-state index contributed by atoms with van der Waals surface area (Å²) in [6.07, 6.45) is 9.50. The van der Waals surface area contributed by atoms with Crippen molar-refractivity contribution in [2.45, 2.75) is 39.2 Å². The number of anilines is 1. The van der Waals surface area contributed by atoms with Gasteiger partial charge in [-0.3, -0.25) is 0 Å². The lowest BCUT2D eigenvalue weighted by Crippen LogP contribution is -2.14. The molecule has 0 amide bonds. The van der Waals surface area contributed by atoms with Crippen molar-refractivity contribution in [2.75, 3.05) is 11.9 Å². The highest BCUT2D eigenvalue weighted by molar-refractivity contribution is 5.29. The highest BCUT2D eigenvalue weighted by Crippen LogP contribution is 2.24. The Morgan fingerprint density at radius 1 is 1.56 bits per heavy atom. The van der Waals surface area contributed by atoms with Crippen molar-refractivity contribution in [1.29, 1.82) is 0 Å². The molecule has 0 bridgehead atoms. The second-order valence-electron chi connectivity index (χ2n) is 4.68. The molecule has 16 heavy (non-hydrogen) atoms. The zero-order valence-corrected chi connectivity index (χ0v) is 10.1. The van der Waals surface area contributed by atoms with Crippen LogP contribution in [0, 0.1) is 12.8 Å². The lowest BCUT2D eigenvalue weighted by Gasteiger charge is -2.12. The van der Waals surface area contributed by atoms with Crippen molar-refractivity contribution in [2.24, 2.45) is 5.92 Å². The monoisotopic (exact) mass is 219 g/mol. The Morgan fingerprint density at radius 2 is 2.31 bits per heavy atom. The molecule has 1 saturated carbocycles. The average molecular weight is 219 g/mol. The van der Waals surface area contributed by atoms with Crippen molar-refractivity contribution in [1.82, 2.24) is 9.55 Å². The summed E-state index contributed by atoms with van der Waals surface area (Å²) < 4.78 is 2.12. The van der Waals surface area contributed by atoms with E-state index in [2.05, 4.69) is 27.6 Å². The van der Waals surface area contributed by atoms with Crippen LogP contribution < -0.4 is 5.32 Å². The maximum Gasteiger partial charge on any atom is 0.203 e. The summed E-state index contributed by atoms with van der Waals surface area (Å²) in [7, 11) is 0. The first-order valence-corrected chi connectivity index (χ1v) is 6.18. The maximum atomic E-state index is 4.49. The zero-order chi connectivity index (χ0) is 11.4. The number of rotatable bonds is 5. The van der Waals surface area contributed by atoms with Crippen LogP contribution in [0.3, 0.4) is 0 Å². The zero-order valence-electron chi connectivity index (χ0n) is 10.1. The Kier molecular flexibility index (Phi) is 3.65. The SMILES string of the molecule is C=CCn1cc(C)nc1NCC1CCCC1. The van der Waals surface area contributed by atoms with Crippen molar-refractivity contribution in [3.63, 3.8) is 0 Å². The molecule has 0 saturated heterocycles. The minimum absolute atomic E-state index is 0.827. The van der Waals surface area contributed by atoms with E-state index < -0.39 is 0 Å². The number of aryl methyl sites for hydroxylation is 1. The van der Waals surface area contributed by atoms with E-state index in [4.69, 9.17) is 0 Å². The fraction of sp³-hybridized carbons (Fsp3) is 0.615. The highest BCUT2D eigenvalue weighted by atomic mass is 15.2. The van der Waals surface area contributed by atoms with E-state index in [0.717, 1.165) is 30.6 Å². The molecule has 0 aromatic carbocycles. The molecular weight excluding hydrogens is 198 g/mol. The van der Waals surface area contributed by atoms with Gasteiger partial charge in [-0.1, -0.05) is 18.9 Å². The molecule has 1 aliphatic carbocycles. The van der Waals surface area contributed by atoms with Gasteiger partial charge in [0.05, 0.1) is 5.69 Å². The number of aromatic nitrogens is 2. The third kappa shape index (κ3) is 2.65. The number of hydrogen-bond acceptors (Lipinski definition) is 2. The Labute approximate surface area is 97.6 Å². The first kappa shape index (κ1) is 11.2. The predicted molar refractivity (Wildman–Crippen MR) is 67.6 cm³/mol. The van der Waals surface area contributed by atoms with Gasteiger partial charge in [-0.15, -0.1) is 6.58 Å². The van der Waals surface area contributed by atoms with Crippen molar-refractivity contribution in [3.8, 4) is 0 Å². The normalized spacial score (nSPS) is 16.6. The van der Waals surface area contributed by atoms with E-state index in [0.29, 0.717) is 0 Å². The van der Waals surface area contributed by atoms with Gasteiger partial charge in [-0.25, -0.2) is 4.98 Å². The molecule has 0 radical (unpaired) electrons. The van der Waals surface area contributed by atoms with Gasteiger partial charge in [-0.05, 0) is 25.7 Å². The third-order valence-electron chi connectivity index (χ3n) is 3.25. The molecule has 1 aromatic rings. The van der Waals surface area contributed by atoms with Crippen LogP contribution in [0.5, 0.6) is 0 Å². The molecule has 1 aliphatic rings. The molecule has 1 heterocycles. The standard InChI is InChI=1S/C13H21N3/c1-3-8-16-10-11(2)15-13(16)14-9-12-6-4-5-7-12/h3,10,12H,1,4-9H2,2H3,(H,14,15). The summed E-state index contributed by atoms with van der Waals surface area (Å²) >= 11 is 0. The molecule has 2 rings (SSSR count). The van der Waals surface area contributed by atoms with Crippen LogP contribution in [-0.2, 0) is 6.54 Å². The predicted octanol–water partition coefficient (Wildman–Crippen LogP) is 2.98. The number of imidazole rings is 1. The van der Waals surface area contributed by atoms with Crippen molar-refractivity contribution in [3.05, 3.63) is 24.5 Å². The van der Waals surface area contributed by atoms with Gasteiger partial charge < -0.3 is 9.88 Å². The molecule has 1 fully saturated rings. The molecule has 0 atom stereocenters. The first-order chi connectivity index (χ1) is 7.79. The first-order valence-electron chi connectivity index (χ1n) is 6.18. The fourth-order valence-corrected chi connectivity index (χ4v) is 2.42. The quantitative estimate of drug-likeness (QED) is 0.772. The minimum atomic E-state index is 0.827. The van der Waals surface area contributed by atoms with E-state index in [-0.39, 0.29) is 0 Å². The molecule has 1 N–H and O–H groups in total. The Balaban J connectivity index is 1.93. The lowest BCUT2D eigenvalue weighted by atomic mass is 10.1. The van der Waals surface area contributed by atoms with Crippen LogP contribution in [0.4, 0.5) is 5.95 Å². The summed E-state index contributed by atoms with van der Waals surface area (Å²) in [5, 5.41) is 3.46. The summed E-state index contributed by atoms with van der Waals surface area (Å²) in [4.78, 5) is 4.49. The van der Waals surface area contributed by atoms with E-state index >= 15 is 0 Å². The van der Waals surface area contributed by atoms with Gasteiger partial charge in [0.15, 0.2) is 0 Å². The van der Waals surface area contributed by atoms with E-state index in [1.54, 1.807) is 0 Å². The van der Waals surface area contributed by atoms with Gasteiger partial charge in [0.1, 0.15) is 0 Å². The summed E-state index contributed by atoms with van der Waals surface area (Å²) in [6, 6.07) is 0. The van der Waals surface area contributed by atoms with Crippen LogP contribution >= 0.6 is 0 Å². The second kappa shape index (κ2) is 5.19. The summed E-state index contributed by atoms with van der Waals surface area (Å²) in [6.45, 7) is 7.69. The van der Waals surface area contributed by atoms with Gasteiger partial charge in [0.25, 0.3) is 0 Å². The molecule has 88 valence electrons. The van der Waals surface area contributed by atoms with Crippen molar-refractivity contribution < 1.29 is 0 Å². The van der Waals surface area contributed by atoms with E-state index in [1.165, 1.54) is 25.7 Å². The van der Waals surface area contributed by atoms with Gasteiger partial charge in [0, 0.05) is 19.3 Å². The largest absolute Gasteiger partial charge is 0.355 e. The molecular formula is C13H21N3. The molecule has 1 aromatic heterocycles. The minimum Gasteiger partial charge on any atom is -0.355 e. The van der Waals surface area contributed by atoms with Gasteiger partial charge in [-0.2, -0.15) is 0 Å². The highest BCUT2D eigenvalue weighted by Gasteiger charge is 2.15. The Bertz CT molecular complexity index is 348. The molecule has 0 aliphatic heterocycles. The maximum absolute atomic E-state index is 4.49. The van der Waals surface area contributed by atoms with E-state index in [1.807, 2.05) is 13.0 Å². The molecule has 3 heteroatoms. The van der Waals surface area contributed by atoms with Crippen LogP contribution in [0.25, 0.3) is 0 Å². The summed E-state index contributed by atoms with van der Waals surface area (Å²) in [5.74, 6) is 1.83. The van der Waals surface area contributed by atoms with Crippen molar-refractivity contribution >= 4 is 5.95 Å². The van der Waals surface area contributed by atoms with Gasteiger partial charge in [0.2, 0.25) is 5.95 Å². The van der Waals surface area contributed by atoms with Crippen LogP contribution in [0.15, 0.2) is 18.9 Å². The average Bonchev–Trinajstić information content (AvgIpc) is 2.86. The smallest absolute Gasteiger partial charge is 0.203 e. The third-order valence-corrected chi connectivity index (χ3v) is 3.25. The summed E-state index contributed by atoms with van der Waals surface area (Å²) in [5.41, 5.74) is 1.07. The number of nitrogens with zero attached hydrogens (tertiary/aromatic N) is 2. The Morgan fingerprint density at radius 3 is 3.00 bits per heavy atom. The topological polar surface area (TPSA) is 29.9 Å². The fourth-order valence-electron chi connectivity index (χ4n) is 2.42. The molecule has 0 unspecified atom stereocenters. The Hall–Kier alpha value is -1.25. The second-order valence-corrected chi connectivity index (χ2v) is 4.68. The molecule has 3 nitrogen and oxygen atoms in total. The number of nitrogens with one attached hydrogen (secondary N) is 1. The van der Waals surface area contributed by atoms with E-state index in [9.17, 15) is 0 Å². The molecule has 0 spiro atoms. The van der Waals surface area contributed by atoms with Crippen LogP contribution in [0.1, 0.15) is 31.4 Å². The number of allylic oxidation sites excluding steroid dienone is 1. The lowest BCUT2D eigenvalue weighted by molar-refractivity contribution is 0.575. The van der Waals surface area contributed by atoms with Crippen LogP contribution in [-0.4, -0.2) is 16.1 Å². The van der Waals surface area contributed by atoms with Crippen LogP contribution in [0.2, 0.25) is 0 Å². The number of hydrogen-bond donors (Lipinski definition) is 1.